The smallest absolute Gasteiger partial charge is 0.326 e. The number of rotatable bonds is 14. The van der Waals surface area contributed by atoms with Crippen LogP contribution in [0.15, 0.2) is 0 Å². The zero-order valence-corrected chi connectivity index (χ0v) is 17.4. The van der Waals surface area contributed by atoms with Crippen LogP contribution in [-0.4, -0.2) is 82.0 Å². The Kier molecular flexibility index (Phi) is 12.1. The van der Waals surface area contributed by atoms with Crippen molar-refractivity contribution in [2.45, 2.75) is 50.4 Å². The van der Waals surface area contributed by atoms with Crippen LogP contribution in [0.3, 0.4) is 0 Å². The summed E-state index contributed by atoms with van der Waals surface area (Å²) in [5.74, 6) is -5.85. The Morgan fingerprint density at radius 1 is 0.900 bits per heavy atom. The summed E-state index contributed by atoms with van der Waals surface area (Å²) in [5, 5.41) is 24.7. The van der Waals surface area contributed by atoms with E-state index in [1.807, 2.05) is 0 Å². The third kappa shape index (κ3) is 10.6. The summed E-state index contributed by atoms with van der Waals surface area (Å²) in [5.41, 5.74) is 10.4. The van der Waals surface area contributed by atoms with E-state index < -0.39 is 72.6 Å². The van der Waals surface area contributed by atoms with Crippen molar-refractivity contribution in [2.24, 2.45) is 11.5 Å². The molecule has 30 heavy (non-hydrogen) atoms. The second kappa shape index (κ2) is 13.4. The van der Waals surface area contributed by atoms with E-state index in [-0.39, 0.29) is 6.42 Å². The molecule has 0 bridgehead atoms. The molecule has 170 valence electrons. The van der Waals surface area contributed by atoms with Gasteiger partial charge in [0.1, 0.15) is 18.1 Å². The summed E-state index contributed by atoms with van der Waals surface area (Å²) >= 11 is 1.36. The predicted molar refractivity (Wildman–Crippen MR) is 106 cm³/mol. The van der Waals surface area contributed by atoms with Crippen LogP contribution in [0.25, 0.3) is 0 Å². The largest absolute Gasteiger partial charge is 0.481 e. The van der Waals surface area contributed by atoms with Gasteiger partial charge in [0, 0.05) is 0 Å². The van der Waals surface area contributed by atoms with Crippen molar-refractivity contribution in [3.8, 4) is 0 Å². The van der Waals surface area contributed by atoms with Crippen LogP contribution in [-0.2, 0) is 28.8 Å². The number of hydrogen-bond acceptors (Lipinski definition) is 8. The number of amides is 4. The predicted octanol–water partition coefficient (Wildman–Crippen LogP) is -3.02. The first kappa shape index (κ1) is 27.1. The van der Waals surface area contributed by atoms with E-state index in [9.17, 15) is 33.9 Å². The molecule has 0 aromatic heterocycles. The van der Waals surface area contributed by atoms with Gasteiger partial charge in [-0.2, -0.15) is 11.8 Å². The van der Waals surface area contributed by atoms with E-state index in [1.165, 1.54) is 18.7 Å². The molecule has 0 aromatic rings. The van der Waals surface area contributed by atoms with E-state index in [1.54, 1.807) is 6.26 Å². The summed E-state index contributed by atoms with van der Waals surface area (Å²) in [4.78, 5) is 69.6. The third-order valence-corrected chi connectivity index (χ3v) is 4.39. The van der Waals surface area contributed by atoms with Gasteiger partial charge in [-0.1, -0.05) is 0 Å². The molecule has 14 heteroatoms. The van der Waals surface area contributed by atoms with Crippen molar-refractivity contribution >= 4 is 47.3 Å². The molecule has 9 N–H and O–H groups in total. The van der Waals surface area contributed by atoms with E-state index in [4.69, 9.17) is 16.6 Å². The first-order valence-electron chi connectivity index (χ1n) is 8.77. The molecular formula is C16H27N5O8S. The van der Waals surface area contributed by atoms with Crippen molar-refractivity contribution in [3.63, 3.8) is 0 Å². The molecule has 0 radical (unpaired) electrons. The minimum atomic E-state index is -1.58. The van der Waals surface area contributed by atoms with Crippen molar-refractivity contribution in [2.75, 3.05) is 12.0 Å². The molecule has 0 rings (SSSR count). The number of aliphatic carboxylic acids is 2. The maximum absolute atomic E-state index is 12.3. The van der Waals surface area contributed by atoms with Gasteiger partial charge in [-0.05, 0) is 25.4 Å². The molecule has 0 spiro atoms. The Hall–Kier alpha value is -2.87. The van der Waals surface area contributed by atoms with Crippen molar-refractivity contribution in [1.82, 2.24) is 16.0 Å². The fourth-order valence-electron chi connectivity index (χ4n) is 2.14. The topological polar surface area (TPSA) is 231 Å². The van der Waals surface area contributed by atoms with E-state index in [0.717, 1.165) is 0 Å². The highest BCUT2D eigenvalue weighted by Gasteiger charge is 2.30. The maximum Gasteiger partial charge on any atom is 0.326 e. The lowest BCUT2D eigenvalue weighted by molar-refractivity contribution is -0.143. The number of nitrogens with one attached hydrogen (secondary N) is 3. The van der Waals surface area contributed by atoms with Crippen LogP contribution in [0.4, 0.5) is 0 Å². The fraction of sp³-hybridized carbons (Fsp3) is 0.625. The number of primary amides is 1. The molecule has 13 nitrogen and oxygen atoms in total. The molecule has 0 heterocycles. The molecular weight excluding hydrogens is 422 g/mol. The van der Waals surface area contributed by atoms with Crippen LogP contribution >= 0.6 is 11.8 Å². The first-order valence-corrected chi connectivity index (χ1v) is 10.2. The van der Waals surface area contributed by atoms with E-state index in [0.29, 0.717) is 5.75 Å². The zero-order chi connectivity index (χ0) is 23.4. The Labute approximate surface area is 176 Å². The Morgan fingerprint density at radius 3 is 1.93 bits per heavy atom. The van der Waals surface area contributed by atoms with E-state index >= 15 is 0 Å². The number of thioether (sulfide) groups is 1. The van der Waals surface area contributed by atoms with Crippen molar-refractivity contribution in [3.05, 3.63) is 0 Å². The summed E-state index contributed by atoms with van der Waals surface area (Å²) in [7, 11) is 0. The van der Waals surface area contributed by atoms with Gasteiger partial charge < -0.3 is 37.6 Å². The monoisotopic (exact) mass is 449 g/mol. The van der Waals surface area contributed by atoms with Crippen LogP contribution < -0.4 is 27.4 Å². The fourth-order valence-corrected chi connectivity index (χ4v) is 2.61. The maximum atomic E-state index is 12.3. The molecule has 0 aromatic carbocycles. The van der Waals surface area contributed by atoms with Gasteiger partial charge in [0.15, 0.2) is 0 Å². The second-order valence-corrected chi connectivity index (χ2v) is 7.33. The van der Waals surface area contributed by atoms with Gasteiger partial charge in [-0.25, -0.2) is 4.79 Å². The Morgan fingerprint density at radius 2 is 1.47 bits per heavy atom. The lowest BCUT2D eigenvalue weighted by Gasteiger charge is -2.22. The first-order chi connectivity index (χ1) is 13.9. The summed E-state index contributed by atoms with van der Waals surface area (Å²) in [6.07, 6.45) is 0.588. The molecule has 4 amide bonds. The van der Waals surface area contributed by atoms with Crippen LogP contribution in [0, 0.1) is 0 Å². The van der Waals surface area contributed by atoms with Gasteiger partial charge in [0.2, 0.25) is 23.6 Å². The van der Waals surface area contributed by atoms with Crippen LogP contribution in [0.2, 0.25) is 0 Å². The number of carbonyl (C=O) groups is 6. The molecule has 0 aliphatic carbocycles. The van der Waals surface area contributed by atoms with Crippen molar-refractivity contribution in [1.29, 1.82) is 0 Å². The molecule has 4 unspecified atom stereocenters. The summed E-state index contributed by atoms with van der Waals surface area (Å²) in [6, 6.07) is -5.36. The quantitative estimate of drug-likeness (QED) is 0.142. The zero-order valence-electron chi connectivity index (χ0n) is 16.5. The molecule has 0 fully saturated rings. The lowest BCUT2D eigenvalue weighted by Crippen LogP contribution is -2.57. The molecule has 0 saturated carbocycles. The highest BCUT2D eigenvalue weighted by atomic mass is 32.2. The minimum Gasteiger partial charge on any atom is -0.481 e. The lowest BCUT2D eigenvalue weighted by atomic mass is 10.1. The highest BCUT2D eigenvalue weighted by molar-refractivity contribution is 7.98. The van der Waals surface area contributed by atoms with Gasteiger partial charge in [-0.15, -0.1) is 0 Å². The average Bonchev–Trinajstić information content (AvgIpc) is 2.62. The molecule has 0 aliphatic rings. The number of nitrogens with two attached hydrogens (primary N) is 2. The highest BCUT2D eigenvalue weighted by Crippen LogP contribution is 2.03. The van der Waals surface area contributed by atoms with Gasteiger partial charge >= 0.3 is 11.9 Å². The second-order valence-electron chi connectivity index (χ2n) is 6.35. The summed E-state index contributed by atoms with van der Waals surface area (Å²) < 4.78 is 0. The normalized spacial score (nSPS) is 14.5. The third-order valence-electron chi connectivity index (χ3n) is 3.75. The molecule has 0 aliphatic heterocycles. The van der Waals surface area contributed by atoms with Crippen molar-refractivity contribution < 1.29 is 39.0 Å². The average molecular weight is 449 g/mol. The van der Waals surface area contributed by atoms with Gasteiger partial charge in [0.05, 0.1) is 18.9 Å². The molecule has 0 saturated heterocycles. The SMILES string of the molecule is CSCCC(NC(=O)C(CC(=O)O)NC(=O)C(C)NC(=O)C(N)CC(N)=O)C(=O)O. The van der Waals surface area contributed by atoms with Gasteiger partial charge in [-0.3, -0.25) is 24.0 Å². The van der Waals surface area contributed by atoms with Crippen LogP contribution in [0.1, 0.15) is 26.2 Å². The Balaban J connectivity index is 5.09. The summed E-state index contributed by atoms with van der Waals surface area (Å²) in [6.45, 7) is 1.25. The number of carbonyl (C=O) groups excluding carboxylic acids is 4. The number of carboxylic acids is 2. The van der Waals surface area contributed by atoms with Gasteiger partial charge in [0.25, 0.3) is 0 Å². The number of carboxylic acid groups (broad SMARTS) is 2. The standard InChI is InChI=1S/C16H27N5O8S/c1-7(19-14(26)8(17)5-11(18)22)13(25)21-10(6-12(23)24)15(27)20-9(16(28)29)3-4-30-2/h7-10H,3-6,17H2,1-2H3,(H2,18,22)(H,19,26)(H,20,27)(H,21,25)(H,23,24)(H,28,29). The van der Waals surface area contributed by atoms with E-state index in [2.05, 4.69) is 16.0 Å². The number of hydrogen-bond donors (Lipinski definition) is 7. The molecule has 4 atom stereocenters. The van der Waals surface area contributed by atoms with Crippen LogP contribution in [0.5, 0.6) is 0 Å². The Bertz CT molecular complexity index is 674. The minimum absolute atomic E-state index is 0.0974.